The Balaban J connectivity index is 2.59. The Hall–Kier alpha value is -1.32. The minimum atomic E-state index is -4.32. The minimum absolute atomic E-state index is 0.120. The van der Waals surface area contributed by atoms with Crippen molar-refractivity contribution in [3.05, 3.63) is 28.8 Å². The van der Waals surface area contributed by atoms with E-state index in [0.29, 0.717) is 24.0 Å². The van der Waals surface area contributed by atoms with E-state index in [1.165, 1.54) is 6.07 Å². The lowest BCUT2D eigenvalue weighted by Crippen LogP contribution is -2.06. The molecule has 0 aliphatic carbocycles. The smallest absolute Gasteiger partial charge is 0.257 e. The summed E-state index contributed by atoms with van der Waals surface area (Å²) >= 11 is 0. The number of hydrogen-bond acceptors (Lipinski definition) is 1. The Labute approximate surface area is 92.0 Å². The van der Waals surface area contributed by atoms with Crippen LogP contribution in [0.25, 0.3) is 0 Å². The lowest BCUT2D eigenvalue weighted by atomic mass is 10.0. The van der Waals surface area contributed by atoms with Gasteiger partial charge in [0.25, 0.3) is 0 Å². The first-order valence-corrected chi connectivity index (χ1v) is 5.19. The van der Waals surface area contributed by atoms with Gasteiger partial charge in [-0.1, -0.05) is 18.6 Å². The van der Waals surface area contributed by atoms with Gasteiger partial charge in [0.1, 0.15) is 0 Å². The molecule has 16 heavy (non-hydrogen) atoms. The molecular weight excluding hydrogens is 215 g/mol. The standard InChI is InChI=1S/C12H12F3N/c1-3-9-6-8-4-7(2)5-10(11(8)16-9)12(13,14)15/h4-5H,3,6H2,1-2H3. The van der Waals surface area contributed by atoms with Gasteiger partial charge >= 0.3 is 6.18 Å². The summed E-state index contributed by atoms with van der Waals surface area (Å²) in [5.74, 6) is 0. The number of alkyl halides is 3. The fourth-order valence-electron chi connectivity index (χ4n) is 1.96. The van der Waals surface area contributed by atoms with Gasteiger partial charge < -0.3 is 0 Å². The predicted molar refractivity (Wildman–Crippen MR) is 57.3 cm³/mol. The molecular formula is C12H12F3N. The van der Waals surface area contributed by atoms with Crippen LogP contribution in [0.4, 0.5) is 18.9 Å². The van der Waals surface area contributed by atoms with Crippen molar-refractivity contribution in [2.45, 2.75) is 32.9 Å². The molecule has 0 saturated heterocycles. The number of fused-ring (bicyclic) bond motifs is 1. The molecule has 0 saturated carbocycles. The highest BCUT2D eigenvalue weighted by Gasteiger charge is 2.36. The quantitative estimate of drug-likeness (QED) is 0.686. The molecule has 4 heteroatoms. The van der Waals surface area contributed by atoms with E-state index < -0.39 is 11.7 Å². The molecule has 2 rings (SSSR count). The van der Waals surface area contributed by atoms with E-state index in [1.807, 2.05) is 6.92 Å². The molecule has 0 radical (unpaired) electrons. The first-order valence-electron chi connectivity index (χ1n) is 5.19. The summed E-state index contributed by atoms with van der Waals surface area (Å²) in [7, 11) is 0. The highest BCUT2D eigenvalue weighted by molar-refractivity contribution is 5.94. The summed E-state index contributed by atoms with van der Waals surface area (Å²) in [4.78, 5) is 4.07. The van der Waals surface area contributed by atoms with E-state index in [1.54, 1.807) is 13.0 Å². The topological polar surface area (TPSA) is 12.4 Å². The second-order valence-corrected chi connectivity index (χ2v) is 4.03. The summed E-state index contributed by atoms with van der Waals surface area (Å²) in [6.07, 6.45) is -3.07. The molecule has 1 aliphatic heterocycles. The highest BCUT2D eigenvalue weighted by Crippen LogP contribution is 2.41. The van der Waals surface area contributed by atoms with Crippen LogP contribution in [0.1, 0.15) is 30.0 Å². The average Bonchev–Trinajstić information content (AvgIpc) is 2.57. The number of aliphatic imine (C=N–C) groups is 1. The highest BCUT2D eigenvalue weighted by atomic mass is 19.4. The van der Waals surface area contributed by atoms with E-state index in [9.17, 15) is 13.2 Å². The van der Waals surface area contributed by atoms with Crippen molar-refractivity contribution >= 4 is 11.4 Å². The van der Waals surface area contributed by atoms with E-state index in [0.717, 1.165) is 5.71 Å². The van der Waals surface area contributed by atoms with Crippen LogP contribution in [0.15, 0.2) is 17.1 Å². The number of nitrogens with zero attached hydrogens (tertiary/aromatic N) is 1. The van der Waals surface area contributed by atoms with Gasteiger partial charge in [0.05, 0.1) is 11.3 Å². The Morgan fingerprint density at radius 1 is 1.31 bits per heavy atom. The van der Waals surface area contributed by atoms with E-state index in [4.69, 9.17) is 0 Å². The molecule has 0 aromatic heterocycles. The lowest BCUT2D eigenvalue weighted by molar-refractivity contribution is -0.137. The average molecular weight is 227 g/mol. The number of benzene rings is 1. The molecule has 0 atom stereocenters. The first kappa shape index (κ1) is 11.2. The van der Waals surface area contributed by atoms with Crippen molar-refractivity contribution in [3.63, 3.8) is 0 Å². The molecule has 86 valence electrons. The first-order chi connectivity index (χ1) is 7.41. The fourth-order valence-corrected chi connectivity index (χ4v) is 1.96. The van der Waals surface area contributed by atoms with Gasteiger partial charge in [0.15, 0.2) is 0 Å². The van der Waals surface area contributed by atoms with Gasteiger partial charge in [-0.2, -0.15) is 13.2 Å². The van der Waals surface area contributed by atoms with Crippen molar-refractivity contribution in [2.24, 2.45) is 4.99 Å². The molecule has 0 unspecified atom stereocenters. The zero-order valence-corrected chi connectivity index (χ0v) is 9.15. The molecule has 0 bridgehead atoms. The third-order valence-electron chi connectivity index (χ3n) is 2.71. The minimum Gasteiger partial charge on any atom is -0.257 e. The van der Waals surface area contributed by atoms with Crippen LogP contribution in [0.2, 0.25) is 0 Å². The maximum atomic E-state index is 12.8. The van der Waals surface area contributed by atoms with Gasteiger partial charge in [0.2, 0.25) is 0 Å². The molecule has 1 aromatic carbocycles. The van der Waals surface area contributed by atoms with Crippen molar-refractivity contribution in [1.29, 1.82) is 0 Å². The van der Waals surface area contributed by atoms with Gasteiger partial charge in [-0.3, -0.25) is 4.99 Å². The van der Waals surface area contributed by atoms with Crippen LogP contribution in [-0.4, -0.2) is 5.71 Å². The normalized spacial score (nSPS) is 14.9. The Morgan fingerprint density at radius 3 is 2.56 bits per heavy atom. The van der Waals surface area contributed by atoms with Crippen LogP contribution in [-0.2, 0) is 12.6 Å². The van der Waals surface area contributed by atoms with Gasteiger partial charge in [-0.25, -0.2) is 0 Å². The number of halogens is 3. The van der Waals surface area contributed by atoms with Gasteiger partial charge in [0, 0.05) is 12.1 Å². The van der Waals surface area contributed by atoms with E-state index in [2.05, 4.69) is 4.99 Å². The third-order valence-corrected chi connectivity index (χ3v) is 2.71. The summed E-state index contributed by atoms with van der Waals surface area (Å²) < 4.78 is 38.4. The zero-order chi connectivity index (χ0) is 11.9. The Bertz CT molecular complexity index is 458. The van der Waals surface area contributed by atoms with Gasteiger partial charge in [-0.05, 0) is 25.0 Å². The summed E-state index contributed by atoms with van der Waals surface area (Å²) in [5, 5.41) is 0. The molecule has 1 aromatic rings. The Kier molecular flexibility index (Phi) is 2.52. The lowest BCUT2D eigenvalue weighted by Gasteiger charge is -2.11. The van der Waals surface area contributed by atoms with Crippen LogP contribution in [0.3, 0.4) is 0 Å². The van der Waals surface area contributed by atoms with Crippen molar-refractivity contribution in [1.82, 2.24) is 0 Å². The van der Waals surface area contributed by atoms with Gasteiger partial charge in [-0.15, -0.1) is 0 Å². The van der Waals surface area contributed by atoms with E-state index >= 15 is 0 Å². The number of aryl methyl sites for hydroxylation is 1. The molecule has 1 nitrogen and oxygen atoms in total. The summed E-state index contributed by atoms with van der Waals surface area (Å²) in [5.41, 5.74) is 1.68. The second-order valence-electron chi connectivity index (χ2n) is 4.03. The van der Waals surface area contributed by atoms with Crippen LogP contribution >= 0.6 is 0 Å². The molecule has 0 amide bonds. The summed E-state index contributed by atoms with van der Waals surface area (Å²) in [6.45, 7) is 3.59. The molecule has 0 spiro atoms. The monoisotopic (exact) mass is 227 g/mol. The SMILES string of the molecule is CCC1=Nc2c(cc(C)cc2C(F)(F)F)C1. The second kappa shape index (κ2) is 3.61. The van der Waals surface area contributed by atoms with Crippen molar-refractivity contribution in [3.8, 4) is 0 Å². The molecule has 1 heterocycles. The molecule has 1 aliphatic rings. The molecule has 0 fully saturated rings. The maximum absolute atomic E-state index is 12.8. The molecule has 0 N–H and O–H groups in total. The fraction of sp³-hybridized carbons (Fsp3) is 0.417. The van der Waals surface area contributed by atoms with E-state index in [-0.39, 0.29) is 5.69 Å². The predicted octanol–water partition coefficient (Wildman–Crippen LogP) is 4.05. The number of hydrogen-bond donors (Lipinski definition) is 0. The summed E-state index contributed by atoms with van der Waals surface area (Å²) in [6, 6.07) is 2.96. The van der Waals surface area contributed by atoms with Crippen molar-refractivity contribution in [2.75, 3.05) is 0 Å². The third kappa shape index (κ3) is 1.84. The Morgan fingerprint density at radius 2 is 2.00 bits per heavy atom. The van der Waals surface area contributed by atoms with Crippen molar-refractivity contribution < 1.29 is 13.2 Å². The van der Waals surface area contributed by atoms with Crippen LogP contribution < -0.4 is 0 Å². The zero-order valence-electron chi connectivity index (χ0n) is 9.15. The largest absolute Gasteiger partial charge is 0.418 e. The van der Waals surface area contributed by atoms with Crippen LogP contribution in [0, 0.1) is 6.92 Å². The van der Waals surface area contributed by atoms with Crippen LogP contribution in [0.5, 0.6) is 0 Å². The number of rotatable bonds is 1. The maximum Gasteiger partial charge on any atom is 0.418 e.